The van der Waals surface area contributed by atoms with Crippen molar-refractivity contribution in [3.05, 3.63) is 31.7 Å². The lowest BCUT2D eigenvalue weighted by molar-refractivity contribution is 0.187. The quantitative estimate of drug-likeness (QED) is 0.447. The molecule has 30 heavy (non-hydrogen) atoms. The maximum absolute atomic E-state index is 9.63. The molecule has 2 fully saturated rings. The lowest BCUT2D eigenvalue weighted by Crippen LogP contribution is -2.39. The maximum atomic E-state index is 9.63. The number of rotatable bonds is 0. The van der Waals surface area contributed by atoms with E-state index in [1.165, 1.54) is 6.42 Å². The minimum atomic E-state index is -0.246. The zero-order valence-corrected chi connectivity index (χ0v) is 21.0. The molecule has 0 unspecified atom stereocenters. The highest BCUT2D eigenvalue weighted by Crippen LogP contribution is 2.40. The van der Waals surface area contributed by atoms with Crippen molar-refractivity contribution in [2.24, 2.45) is 5.92 Å². The number of nitrogens with zero attached hydrogens (tertiary/aromatic N) is 4. The van der Waals surface area contributed by atoms with Crippen molar-refractivity contribution in [2.45, 2.75) is 38.0 Å². The van der Waals surface area contributed by atoms with Crippen LogP contribution in [-0.4, -0.2) is 59.6 Å². The number of hydrogen-bond acceptors (Lipinski definition) is 7. The maximum Gasteiger partial charge on any atom is 0.175 e. The van der Waals surface area contributed by atoms with Crippen molar-refractivity contribution < 1.29 is 14.6 Å². The Bertz CT molecular complexity index is 871. The Kier molecular flexibility index (Phi) is 5.86. The largest absolute Gasteiger partial charge is 0.486 e. The van der Waals surface area contributed by atoms with Crippen molar-refractivity contribution in [3.63, 3.8) is 0 Å². The van der Waals surface area contributed by atoms with Crippen molar-refractivity contribution >= 4 is 56.8 Å². The molecular weight excluding hydrogens is 610 g/mol. The van der Waals surface area contributed by atoms with Gasteiger partial charge in [0.05, 0.1) is 25.3 Å². The summed E-state index contributed by atoms with van der Waals surface area (Å²) in [4.78, 5) is 13.4. The van der Waals surface area contributed by atoms with Crippen LogP contribution in [-0.2, 0) is 0 Å². The molecule has 0 amide bonds. The number of aromatic nitrogens is 2. The Morgan fingerprint density at radius 2 is 1.43 bits per heavy atom. The van der Waals surface area contributed by atoms with Gasteiger partial charge in [-0.3, -0.25) is 0 Å². The number of ether oxygens (including phenoxy) is 2. The Balaban J connectivity index is 0.000000128. The van der Waals surface area contributed by atoms with E-state index in [1.807, 2.05) is 18.3 Å². The zero-order chi connectivity index (χ0) is 20.8. The van der Waals surface area contributed by atoms with E-state index in [1.54, 1.807) is 6.20 Å². The monoisotopic (exact) mass is 634 g/mol. The summed E-state index contributed by atoms with van der Waals surface area (Å²) in [7, 11) is 0. The van der Waals surface area contributed by atoms with Crippen LogP contribution in [0.5, 0.6) is 11.5 Å². The minimum absolute atomic E-state index is 0.246. The van der Waals surface area contributed by atoms with Crippen LogP contribution in [0, 0.1) is 13.1 Å². The van der Waals surface area contributed by atoms with Crippen LogP contribution < -0.4 is 19.3 Å². The van der Waals surface area contributed by atoms with Crippen molar-refractivity contribution in [1.82, 2.24) is 9.97 Å². The Hall–Kier alpha value is -1.08. The van der Waals surface area contributed by atoms with E-state index in [0.717, 1.165) is 55.8 Å². The van der Waals surface area contributed by atoms with Gasteiger partial charge in [0.1, 0.15) is 13.2 Å². The molecule has 2 aromatic heterocycles. The molecule has 6 heterocycles. The number of anilines is 2. The highest BCUT2D eigenvalue weighted by atomic mass is 127. The van der Waals surface area contributed by atoms with Crippen molar-refractivity contribution in [1.29, 1.82) is 0 Å². The molecule has 9 heteroatoms. The number of aliphatic hydroxyl groups is 1. The van der Waals surface area contributed by atoms with Gasteiger partial charge in [0.2, 0.25) is 0 Å². The van der Waals surface area contributed by atoms with Gasteiger partial charge in [0, 0.05) is 25.5 Å². The van der Waals surface area contributed by atoms with E-state index >= 15 is 0 Å². The molecule has 2 saturated heterocycles. The molecular formula is C21H24I2N4O3. The van der Waals surface area contributed by atoms with Gasteiger partial charge >= 0.3 is 0 Å². The second kappa shape index (κ2) is 8.45. The third kappa shape index (κ3) is 3.81. The van der Waals surface area contributed by atoms with E-state index in [-0.39, 0.29) is 12.1 Å². The molecule has 0 saturated carbocycles. The van der Waals surface area contributed by atoms with E-state index in [4.69, 9.17) is 9.47 Å². The Morgan fingerprint density at radius 3 is 2.03 bits per heavy atom. The molecule has 4 aliphatic heterocycles. The number of pyridine rings is 2. The zero-order valence-electron chi connectivity index (χ0n) is 16.7. The molecule has 0 radical (unpaired) electrons. The highest BCUT2D eigenvalue weighted by molar-refractivity contribution is 14.1. The van der Waals surface area contributed by atoms with Gasteiger partial charge in [-0.25, -0.2) is 9.97 Å². The average molecular weight is 634 g/mol. The summed E-state index contributed by atoms with van der Waals surface area (Å²) >= 11 is 4.56. The highest BCUT2D eigenvalue weighted by Gasteiger charge is 2.38. The third-order valence-electron chi connectivity index (χ3n) is 6.08. The number of hydrogen-bond donors (Lipinski definition) is 1. The first-order valence-electron chi connectivity index (χ1n) is 10.3. The first kappa shape index (κ1) is 20.8. The predicted molar refractivity (Wildman–Crippen MR) is 132 cm³/mol. The second-order valence-electron chi connectivity index (χ2n) is 8.36. The first-order valence-corrected chi connectivity index (χ1v) is 12.4. The van der Waals surface area contributed by atoms with E-state index in [9.17, 15) is 5.11 Å². The fraction of sp³-hybridized carbons (Fsp3) is 0.524. The molecule has 4 aliphatic rings. The lowest BCUT2D eigenvalue weighted by Gasteiger charge is -2.32. The van der Waals surface area contributed by atoms with Crippen LogP contribution in [0.1, 0.15) is 19.8 Å². The van der Waals surface area contributed by atoms with Gasteiger partial charge in [-0.05, 0) is 76.1 Å². The molecule has 0 bridgehead atoms. The normalized spacial score (nSPS) is 28.3. The van der Waals surface area contributed by atoms with Gasteiger partial charge < -0.3 is 24.4 Å². The molecule has 0 aliphatic carbocycles. The predicted octanol–water partition coefficient (Wildman–Crippen LogP) is 3.31. The lowest BCUT2D eigenvalue weighted by atomic mass is 10.1. The van der Waals surface area contributed by atoms with Crippen LogP contribution in [0.2, 0.25) is 0 Å². The summed E-state index contributed by atoms with van der Waals surface area (Å²) in [6.07, 6.45) is 5.43. The average Bonchev–Trinajstić information content (AvgIpc) is 3.30. The van der Waals surface area contributed by atoms with Crippen LogP contribution in [0.4, 0.5) is 11.6 Å². The minimum Gasteiger partial charge on any atom is -0.486 e. The number of fused-ring (bicyclic) bond motifs is 6. The fourth-order valence-electron chi connectivity index (χ4n) is 4.74. The summed E-state index contributed by atoms with van der Waals surface area (Å²) in [5.74, 6) is 4.52. The molecule has 0 spiro atoms. The van der Waals surface area contributed by atoms with Crippen molar-refractivity contribution in [3.8, 4) is 11.5 Å². The van der Waals surface area contributed by atoms with Gasteiger partial charge in [-0.1, -0.05) is 6.92 Å². The van der Waals surface area contributed by atoms with Gasteiger partial charge in [-0.15, -0.1) is 0 Å². The summed E-state index contributed by atoms with van der Waals surface area (Å²) in [5, 5.41) is 9.63. The number of aliphatic hydroxyl groups excluding tert-OH is 1. The standard InChI is InChI=1S/C11H13IN2O.C10H11IN2O2/c1-7-4-8-6-15-10-9(12)2-3-13-11(10)14(8)5-7;11-8-1-2-12-10-9(8)15-5-6-3-7(14)4-13(6)10/h2-3,7-8H,4-6H2,1H3;1-2,6-7,14H,3-5H2/t7-,8+;6-,7+/m10/s1. The Labute approximate surface area is 203 Å². The summed E-state index contributed by atoms with van der Waals surface area (Å²) in [6, 6.07) is 4.77. The molecule has 6 rings (SSSR count). The van der Waals surface area contributed by atoms with Crippen LogP contribution in [0.15, 0.2) is 24.5 Å². The molecule has 0 aromatic carbocycles. The SMILES string of the molecule is C[C@@H]1C[C@H]2COc3c(I)ccnc3N2C1.O[C@@H]1C[C@H]2COc3c(I)ccnc3N2C1. The topological polar surface area (TPSA) is 71.0 Å². The van der Waals surface area contributed by atoms with E-state index in [0.29, 0.717) is 19.2 Å². The van der Waals surface area contributed by atoms with Gasteiger partial charge in [0.15, 0.2) is 23.1 Å². The van der Waals surface area contributed by atoms with Crippen LogP contribution in [0.25, 0.3) is 0 Å². The summed E-state index contributed by atoms with van der Waals surface area (Å²) < 4.78 is 13.7. The molecule has 160 valence electrons. The second-order valence-corrected chi connectivity index (χ2v) is 10.7. The van der Waals surface area contributed by atoms with Crippen LogP contribution >= 0.6 is 45.2 Å². The number of halogens is 2. The fourth-order valence-corrected chi connectivity index (χ4v) is 5.86. The molecule has 4 atom stereocenters. The molecule has 7 nitrogen and oxygen atoms in total. The summed E-state index contributed by atoms with van der Waals surface area (Å²) in [5.41, 5.74) is 0. The third-order valence-corrected chi connectivity index (χ3v) is 7.77. The molecule has 1 N–H and O–H groups in total. The van der Waals surface area contributed by atoms with Crippen molar-refractivity contribution in [2.75, 3.05) is 36.1 Å². The van der Waals surface area contributed by atoms with Gasteiger partial charge in [0.25, 0.3) is 0 Å². The Morgan fingerprint density at radius 1 is 0.900 bits per heavy atom. The smallest absolute Gasteiger partial charge is 0.175 e. The van der Waals surface area contributed by atoms with E-state index in [2.05, 4.69) is 71.9 Å². The first-order chi connectivity index (χ1) is 14.5. The summed E-state index contributed by atoms with van der Waals surface area (Å²) in [6.45, 7) is 5.57. The molecule has 2 aromatic rings. The van der Waals surface area contributed by atoms with Gasteiger partial charge in [-0.2, -0.15) is 0 Å². The van der Waals surface area contributed by atoms with E-state index < -0.39 is 0 Å². The van der Waals surface area contributed by atoms with Crippen LogP contribution in [0.3, 0.4) is 0 Å².